The Morgan fingerprint density at radius 2 is 2.33 bits per heavy atom. The topological polar surface area (TPSA) is 63.8 Å². The highest BCUT2D eigenvalue weighted by Crippen LogP contribution is 2.32. The van der Waals surface area contributed by atoms with Gasteiger partial charge in [0, 0.05) is 22.1 Å². The van der Waals surface area contributed by atoms with Crippen LogP contribution in [0.1, 0.15) is 22.4 Å². The van der Waals surface area contributed by atoms with Gasteiger partial charge in [-0.25, -0.2) is 0 Å². The second kappa shape index (κ2) is 5.32. The van der Waals surface area contributed by atoms with Gasteiger partial charge in [-0.15, -0.1) is 11.3 Å². The van der Waals surface area contributed by atoms with Crippen LogP contribution in [0.2, 0.25) is 0 Å². The number of nitrogens with one attached hydrogen (secondary N) is 1. The molecule has 0 amide bonds. The number of pyridine rings is 1. The van der Waals surface area contributed by atoms with Crippen molar-refractivity contribution in [2.24, 2.45) is 0 Å². The molecule has 0 fully saturated rings. The van der Waals surface area contributed by atoms with Gasteiger partial charge in [0.2, 0.25) is 11.7 Å². The Kier molecular flexibility index (Phi) is 3.33. The highest BCUT2D eigenvalue weighted by molar-refractivity contribution is 9.10. The van der Waals surface area contributed by atoms with E-state index in [1.54, 1.807) is 17.5 Å². The summed E-state index contributed by atoms with van der Waals surface area (Å²) in [6.07, 6.45) is 2.77. The van der Waals surface area contributed by atoms with Crippen molar-refractivity contribution in [1.29, 1.82) is 0 Å². The van der Waals surface area contributed by atoms with E-state index in [-0.39, 0.29) is 6.04 Å². The molecule has 4 rings (SSSR count). The van der Waals surface area contributed by atoms with Gasteiger partial charge in [-0.2, -0.15) is 4.98 Å². The lowest BCUT2D eigenvalue weighted by Gasteiger charge is -2.20. The molecular formula is C14H11BrN4OS. The number of hydrogen-bond donors (Lipinski definition) is 1. The van der Waals surface area contributed by atoms with Crippen LogP contribution < -0.4 is 5.32 Å². The maximum atomic E-state index is 5.46. The fourth-order valence-corrected chi connectivity index (χ4v) is 3.82. The fraction of sp³-hybridized carbons (Fsp3) is 0.214. The number of nitrogens with zero attached hydrogens (tertiary/aromatic N) is 3. The van der Waals surface area contributed by atoms with Crippen LogP contribution in [-0.2, 0) is 6.42 Å². The summed E-state index contributed by atoms with van der Waals surface area (Å²) in [5, 5.41) is 9.61. The van der Waals surface area contributed by atoms with E-state index in [1.807, 2.05) is 12.1 Å². The molecule has 3 aromatic rings. The lowest BCUT2D eigenvalue weighted by molar-refractivity contribution is 0.344. The maximum absolute atomic E-state index is 5.46. The zero-order valence-corrected chi connectivity index (χ0v) is 13.3. The van der Waals surface area contributed by atoms with E-state index in [0.717, 1.165) is 17.4 Å². The monoisotopic (exact) mass is 362 g/mol. The van der Waals surface area contributed by atoms with Gasteiger partial charge in [-0.3, -0.25) is 4.98 Å². The summed E-state index contributed by atoms with van der Waals surface area (Å²) in [7, 11) is 0. The Bertz CT molecular complexity index is 785. The molecule has 0 radical (unpaired) electrons. The number of fused-ring (bicyclic) bond motifs is 1. The van der Waals surface area contributed by atoms with Crippen molar-refractivity contribution in [3.8, 4) is 11.5 Å². The summed E-state index contributed by atoms with van der Waals surface area (Å²) < 4.78 is 6.31. The third kappa shape index (κ3) is 2.31. The second-order valence-corrected chi connectivity index (χ2v) is 6.58. The molecule has 7 heteroatoms. The molecular weight excluding hydrogens is 352 g/mol. The number of aromatic nitrogens is 3. The van der Waals surface area contributed by atoms with E-state index in [2.05, 4.69) is 47.8 Å². The highest BCUT2D eigenvalue weighted by atomic mass is 79.9. The quantitative estimate of drug-likeness (QED) is 0.758. The zero-order chi connectivity index (χ0) is 14.2. The summed E-state index contributed by atoms with van der Waals surface area (Å²) in [6.45, 7) is 0.920. The Morgan fingerprint density at radius 1 is 1.38 bits per heavy atom. The number of hydrogen-bond acceptors (Lipinski definition) is 6. The summed E-state index contributed by atoms with van der Waals surface area (Å²) in [5.41, 5.74) is 1.93. The molecule has 1 aliphatic rings. The average Bonchev–Trinajstić information content (AvgIpc) is 3.16. The summed E-state index contributed by atoms with van der Waals surface area (Å²) >= 11 is 5.24. The van der Waals surface area contributed by atoms with E-state index < -0.39 is 0 Å². The number of rotatable bonds is 2. The Morgan fingerprint density at radius 3 is 3.24 bits per heavy atom. The summed E-state index contributed by atoms with van der Waals surface area (Å²) in [6, 6.07) is 5.87. The van der Waals surface area contributed by atoms with Gasteiger partial charge in [-0.05, 0) is 51.5 Å². The predicted molar refractivity (Wildman–Crippen MR) is 83.1 cm³/mol. The fourth-order valence-electron chi connectivity index (χ4n) is 2.47. The van der Waals surface area contributed by atoms with Crippen LogP contribution in [0.15, 0.2) is 38.8 Å². The number of thiophene rings is 1. The largest absolute Gasteiger partial charge is 0.337 e. The predicted octanol–water partition coefficient (Wildman–Crippen LogP) is 3.19. The molecule has 4 heterocycles. The van der Waals surface area contributed by atoms with Gasteiger partial charge < -0.3 is 9.84 Å². The van der Waals surface area contributed by atoms with Gasteiger partial charge in [0.05, 0.1) is 0 Å². The van der Waals surface area contributed by atoms with Crippen LogP contribution in [0.4, 0.5) is 0 Å². The third-order valence-electron chi connectivity index (χ3n) is 3.45. The third-order valence-corrected chi connectivity index (χ3v) is 5.09. The molecule has 0 saturated carbocycles. The van der Waals surface area contributed by atoms with E-state index in [0.29, 0.717) is 17.4 Å². The molecule has 1 atom stereocenters. The molecule has 1 unspecified atom stereocenters. The van der Waals surface area contributed by atoms with Gasteiger partial charge in [0.1, 0.15) is 11.7 Å². The van der Waals surface area contributed by atoms with E-state index in [1.165, 1.54) is 10.4 Å². The Hall–Kier alpha value is -1.57. The van der Waals surface area contributed by atoms with Crippen molar-refractivity contribution in [2.45, 2.75) is 12.5 Å². The normalized spacial score (nSPS) is 17.7. The first-order valence-electron chi connectivity index (χ1n) is 6.57. The van der Waals surface area contributed by atoms with Crippen LogP contribution in [0.3, 0.4) is 0 Å². The first-order chi connectivity index (χ1) is 10.3. The number of halogens is 1. The van der Waals surface area contributed by atoms with Crippen molar-refractivity contribution >= 4 is 27.3 Å². The lowest BCUT2D eigenvalue weighted by Crippen LogP contribution is -2.29. The summed E-state index contributed by atoms with van der Waals surface area (Å²) in [4.78, 5) is 10.2. The van der Waals surface area contributed by atoms with Gasteiger partial charge in [-0.1, -0.05) is 5.16 Å². The highest BCUT2D eigenvalue weighted by Gasteiger charge is 2.27. The average molecular weight is 363 g/mol. The Labute approximate surface area is 133 Å². The zero-order valence-electron chi connectivity index (χ0n) is 10.9. The van der Waals surface area contributed by atoms with Crippen LogP contribution in [-0.4, -0.2) is 21.7 Å². The molecule has 0 bridgehead atoms. The van der Waals surface area contributed by atoms with Crippen molar-refractivity contribution in [3.05, 3.63) is 50.6 Å². The molecule has 3 aromatic heterocycles. The molecule has 1 aliphatic heterocycles. The van der Waals surface area contributed by atoms with E-state index in [4.69, 9.17) is 4.52 Å². The first kappa shape index (κ1) is 13.1. The van der Waals surface area contributed by atoms with Gasteiger partial charge >= 0.3 is 0 Å². The van der Waals surface area contributed by atoms with Crippen molar-refractivity contribution in [2.75, 3.05) is 6.54 Å². The van der Waals surface area contributed by atoms with Crippen molar-refractivity contribution < 1.29 is 4.52 Å². The minimum absolute atomic E-state index is 0.0243. The lowest BCUT2D eigenvalue weighted by atomic mass is 10.0. The molecule has 0 spiro atoms. The Balaban J connectivity index is 1.72. The summed E-state index contributed by atoms with van der Waals surface area (Å²) in [5.74, 6) is 1.09. The van der Waals surface area contributed by atoms with Gasteiger partial charge in [0.25, 0.3) is 0 Å². The van der Waals surface area contributed by atoms with Crippen LogP contribution in [0.25, 0.3) is 11.5 Å². The standard InChI is InChI=1S/C14H11BrN4OS/c15-9-2-1-5-16-12(9)13-18-14(20-19-13)11-8-4-7-21-10(8)3-6-17-11/h1-2,4-5,7,11,17H,3,6H2. The van der Waals surface area contributed by atoms with Crippen molar-refractivity contribution in [1.82, 2.24) is 20.4 Å². The van der Waals surface area contributed by atoms with Crippen LogP contribution in [0.5, 0.6) is 0 Å². The second-order valence-electron chi connectivity index (χ2n) is 4.73. The minimum Gasteiger partial charge on any atom is -0.337 e. The molecule has 1 N–H and O–H groups in total. The molecule has 5 nitrogen and oxygen atoms in total. The molecule has 0 aliphatic carbocycles. The van der Waals surface area contributed by atoms with Gasteiger partial charge in [0.15, 0.2) is 0 Å². The first-order valence-corrected chi connectivity index (χ1v) is 8.24. The molecule has 21 heavy (non-hydrogen) atoms. The SMILES string of the molecule is Brc1cccnc1-c1noc(C2NCCc3sccc32)n1. The van der Waals surface area contributed by atoms with Crippen LogP contribution >= 0.6 is 27.3 Å². The molecule has 0 aromatic carbocycles. The smallest absolute Gasteiger partial charge is 0.248 e. The van der Waals surface area contributed by atoms with E-state index >= 15 is 0 Å². The molecule has 106 valence electrons. The maximum Gasteiger partial charge on any atom is 0.248 e. The van der Waals surface area contributed by atoms with Crippen molar-refractivity contribution in [3.63, 3.8) is 0 Å². The molecule has 0 saturated heterocycles. The van der Waals surface area contributed by atoms with Crippen LogP contribution in [0, 0.1) is 0 Å². The minimum atomic E-state index is -0.0243. The van der Waals surface area contributed by atoms with E-state index in [9.17, 15) is 0 Å².